The largest absolute Gasteiger partial charge is 0.468 e. The molecule has 1 amide bonds. The van der Waals surface area contributed by atoms with Gasteiger partial charge in [-0.25, -0.2) is 9.18 Å². The third kappa shape index (κ3) is 3.58. The van der Waals surface area contributed by atoms with Gasteiger partial charge in [0.05, 0.1) is 7.11 Å². The van der Waals surface area contributed by atoms with Gasteiger partial charge in [-0.15, -0.1) is 0 Å². The number of carbonyl (C=O) groups excluding carboxylic acids is 2. The first-order valence-corrected chi connectivity index (χ1v) is 6.30. The molecule has 0 N–H and O–H groups in total. The van der Waals surface area contributed by atoms with Crippen molar-refractivity contribution in [1.82, 2.24) is 4.90 Å². The van der Waals surface area contributed by atoms with Crippen LogP contribution in [-0.2, 0) is 14.3 Å². The van der Waals surface area contributed by atoms with E-state index in [0.29, 0.717) is 0 Å². The lowest BCUT2D eigenvalue weighted by Gasteiger charge is -2.40. The van der Waals surface area contributed by atoms with Crippen LogP contribution in [0, 0.1) is 5.41 Å². The average molecular weight is 275 g/mol. The van der Waals surface area contributed by atoms with Crippen LogP contribution in [0.1, 0.15) is 34.1 Å². The smallest absolute Gasteiger partial charge is 0.410 e. The fourth-order valence-electron chi connectivity index (χ4n) is 2.07. The number of nitrogens with zero attached hydrogens (tertiary/aromatic N) is 1. The predicted octanol–water partition coefficient (Wildman–Crippen LogP) is 2.14. The van der Waals surface area contributed by atoms with Crippen molar-refractivity contribution in [2.24, 2.45) is 5.41 Å². The molecule has 1 aliphatic rings. The van der Waals surface area contributed by atoms with Crippen molar-refractivity contribution in [3.8, 4) is 0 Å². The molecular weight excluding hydrogens is 253 g/mol. The number of amides is 1. The summed E-state index contributed by atoms with van der Waals surface area (Å²) in [5, 5.41) is 0. The minimum Gasteiger partial charge on any atom is -0.468 e. The number of hydrogen-bond acceptors (Lipinski definition) is 4. The van der Waals surface area contributed by atoms with Gasteiger partial charge in [-0.2, -0.15) is 0 Å². The number of hydrogen-bond donors (Lipinski definition) is 0. The molecule has 0 aliphatic carbocycles. The molecule has 6 heteroatoms. The highest BCUT2D eigenvalue weighted by Gasteiger charge is 2.48. The maximum Gasteiger partial charge on any atom is 0.410 e. The first kappa shape index (κ1) is 15.7. The lowest BCUT2D eigenvalue weighted by Crippen LogP contribution is -2.55. The second-order valence-corrected chi connectivity index (χ2v) is 6.07. The van der Waals surface area contributed by atoms with E-state index in [-0.39, 0.29) is 19.5 Å². The van der Waals surface area contributed by atoms with E-state index in [0.717, 1.165) is 0 Å². The van der Waals surface area contributed by atoms with Gasteiger partial charge in [-0.1, -0.05) is 0 Å². The number of alkyl halides is 1. The standard InChI is InChI=1S/C13H22FNO4/c1-12(2,3)19-11(17)15-7-6-9(14)13(4,8-15)10(16)18-5/h9H,6-8H2,1-5H3. The molecule has 0 aromatic heterocycles. The van der Waals surface area contributed by atoms with Crippen molar-refractivity contribution in [2.45, 2.75) is 45.9 Å². The van der Waals surface area contributed by atoms with E-state index in [2.05, 4.69) is 4.74 Å². The number of halogens is 1. The fourth-order valence-corrected chi connectivity index (χ4v) is 2.07. The Hall–Kier alpha value is -1.33. The van der Waals surface area contributed by atoms with E-state index in [1.54, 1.807) is 20.8 Å². The molecule has 2 unspecified atom stereocenters. The van der Waals surface area contributed by atoms with Crippen LogP contribution in [0.4, 0.5) is 9.18 Å². The van der Waals surface area contributed by atoms with Crippen LogP contribution in [-0.4, -0.2) is 48.9 Å². The summed E-state index contributed by atoms with van der Waals surface area (Å²) in [5.41, 5.74) is -1.95. The predicted molar refractivity (Wildman–Crippen MR) is 67.4 cm³/mol. The van der Waals surface area contributed by atoms with Crippen LogP contribution in [0.3, 0.4) is 0 Å². The van der Waals surface area contributed by atoms with E-state index in [1.165, 1.54) is 18.9 Å². The molecule has 1 rings (SSSR count). The summed E-state index contributed by atoms with van der Waals surface area (Å²) < 4.78 is 23.8. The quantitative estimate of drug-likeness (QED) is 0.688. The topological polar surface area (TPSA) is 55.8 Å². The van der Waals surface area contributed by atoms with E-state index in [4.69, 9.17) is 4.74 Å². The molecule has 19 heavy (non-hydrogen) atoms. The van der Waals surface area contributed by atoms with Crippen molar-refractivity contribution in [1.29, 1.82) is 0 Å². The highest BCUT2D eigenvalue weighted by atomic mass is 19.1. The Kier molecular flexibility index (Phi) is 4.43. The monoisotopic (exact) mass is 275 g/mol. The summed E-state index contributed by atoms with van der Waals surface area (Å²) in [4.78, 5) is 25.0. The Balaban J connectivity index is 2.80. The lowest BCUT2D eigenvalue weighted by molar-refractivity contribution is -0.159. The fraction of sp³-hybridized carbons (Fsp3) is 0.846. The van der Waals surface area contributed by atoms with Crippen LogP contribution < -0.4 is 0 Å². The summed E-state index contributed by atoms with van der Waals surface area (Å²) in [6.45, 7) is 6.95. The van der Waals surface area contributed by atoms with E-state index in [9.17, 15) is 14.0 Å². The highest BCUT2D eigenvalue weighted by molar-refractivity contribution is 5.79. The number of methoxy groups -OCH3 is 1. The SMILES string of the molecule is COC(=O)C1(C)CN(C(=O)OC(C)(C)C)CCC1F. The van der Waals surface area contributed by atoms with Crippen LogP contribution in [0.25, 0.3) is 0 Å². The Morgan fingerprint density at radius 2 is 1.95 bits per heavy atom. The maximum absolute atomic E-state index is 14.0. The first-order chi connectivity index (χ1) is 8.60. The summed E-state index contributed by atoms with van der Waals surface area (Å²) in [6.07, 6.45) is -1.75. The van der Waals surface area contributed by atoms with Crippen molar-refractivity contribution < 1.29 is 23.5 Å². The summed E-state index contributed by atoms with van der Waals surface area (Å²) in [5.74, 6) is -0.645. The van der Waals surface area contributed by atoms with Gasteiger partial charge in [-0.3, -0.25) is 4.79 Å². The molecule has 5 nitrogen and oxygen atoms in total. The molecule has 0 bridgehead atoms. The van der Waals surface area contributed by atoms with Crippen molar-refractivity contribution in [2.75, 3.05) is 20.2 Å². The van der Waals surface area contributed by atoms with Gasteiger partial charge in [0.1, 0.15) is 17.2 Å². The third-order valence-corrected chi connectivity index (χ3v) is 3.17. The summed E-state index contributed by atoms with van der Waals surface area (Å²) in [6, 6.07) is 0. The molecular formula is C13H22FNO4. The molecule has 1 heterocycles. The highest BCUT2D eigenvalue weighted by Crippen LogP contribution is 2.34. The normalized spacial score (nSPS) is 27.9. The first-order valence-electron chi connectivity index (χ1n) is 6.30. The van der Waals surface area contributed by atoms with Crippen LogP contribution in [0.5, 0.6) is 0 Å². The Morgan fingerprint density at radius 1 is 1.37 bits per heavy atom. The Labute approximate surface area is 113 Å². The van der Waals surface area contributed by atoms with Crippen molar-refractivity contribution in [3.63, 3.8) is 0 Å². The second kappa shape index (κ2) is 5.35. The second-order valence-electron chi connectivity index (χ2n) is 6.07. The number of ether oxygens (including phenoxy) is 2. The van der Waals surface area contributed by atoms with Crippen LogP contribution in [0.2, 0.25) is 0 Å². The zero-order valence-corrected chi connectivity index (χ0v) is 12.2. The van der Waals surface area contributed by atoms with Crippen LogP contribution in [0.15, 0.2) is 0 Å². The van der Waals surface area contributed by atoms with Gasteiger partial charge in [0, 0.05) is 13.1 Å². The van der Waals surface area contributed by atoms with E-state index in [1.807, 2.05) is 0 Å². The van der Waals surface area contributed by atoms with Crippen molar-refractivity contribution in [3.05, 3.63) is 0 Å². The minimum atomic E-state index is -1.33. The van der Waals surface area contributed by atoms with Gasteiger partial charge in [0.25, 0.3) is 0 Å². The lowest BCUT2D eigenvalue weighted by atomic mass is 9.80. The Bertz CT molecular complexity index is 366. The molecule has 2 atom stereocenters. The van der Waals surface area contributed by atoms with Gasteiger partial charge >= 0.3 is 12.1 Å². The molecule has 1 aliphatic heterocycles. The number of piperidine rings is 1. The number of carbonyl (C=O) groups is 2. The number of rotatable bonds is 1. The van der Waals surface area contributed by atoms with E-state index >= 15 is 0 Å². The van der Waals surface area contributed by atoms with Gasteiger partial charge in [0.15, 0.2) is 0 Å². The van der Waals surface area contributed by atoms with Gasteiger partial charge < -0.3 is 14.4 Å². The third-order valence-electron chi connectivity index (χ3n) is 3.17. The molecule has 0 saturated carbocycles. The molecule has 0 aromatic carbocycles. The average Bonchev–Trinajstić information content (AvgIpc) is 2.29. The number of likely N-dealkylation sites (tertiary alicyclic amines) is 1. The summed E-state index contributed by atoms with van der Waals surface area (Å²) >= 11 is 0. The summed E-state index contributed by atoms with van der Waals surface area (Å²) in [7, 11) is 1.22. The number of esters is 1. The molecule has 1 saturated heterocycles. The van der Waals surface area contributed by atoms with Crippen LogP contribution >= 0.6 is 0 Å². The maximum atomic E-state index is 14.0. The molecule has 0 aromatic rings. The van der Waals surface area contributed by atoms with E-state index < -0.39 is 29.3 Å². The molecule has 110 valence electrons. The van der Waals surface area contributed by atoms with Crippen molar-refractivity contribution >= 4 is 12.1 Å². The minimum absolute atomic E-state index is 0.0320. The molecule has 0 spiro atoms. The zero-order chi connectivity index (χ0) is 14.8. The van der Waals surface area contributed by atoms with Gasteiger partial charge in [0.2, 0.25) is 0 Å². The zero-order valence-electron chi connectivity index (χ0n) is 12.2. The Morgan fingerprint density at radius 3 is 2.42 bits per heavy atom. The molecule has 0 radical (unpaired) electrons. The van der Waals surface area contributed by atoms with Gasteiger partial charge in [-0.05, 0) is 34.1 Å². The molecule has 1 fully saturated rings.